The van der Waals surface area contributed by atoms with Crippen LogP contribution < -0.4 is 5.73 Å². The van der Waals surface area contributed by atoms with Crippen molar-refractivity contribution < 1.29 is 23.9 Å². The van der Waals surface area contributed by atoms with Gasteiger partial charge in [-0.25, -0.2) is 0 Å². The topological polar surface area (TPSA) is 98.9 Å². The lowest BCUT2D eigenvalue weighted by Crippen LogP contribution is -2.40. The molecule has 0 spiro atoms. The molecule has 1 rings (SSSR count). The third-order valence-corrected chi connectivity index (χ3v) is 2.77. The number of carbonyl (C=O) groups excluding carboxylic acids is 3. The summed E-state index contributed by atoms with van der Waals surface area (Å²) >= 11 is 5.83. The summed E-state index contributed by atoms with van der Waals surface area (Å²) in [5, 5.41) is 0.273. The zero-order valence-electron chi connectivity index (χ0n) is 11.6. The highest BCUT2D eigenvalue weighted by Crippen LogP contribution is 2.18. The smallest absolute Gasteiger partial charge is 0.325 e. The van der Waals surface area contributed by atoms with E-state index in [4.69, 9.17) is 17.3 Å². The van der Waals surface area contributed by atoms with Gasteiger partial charge in [0.05, 0.1) is 14.2 Å². The van der Waals surface area contributed by atoms with Crippen LogP contribution in [0.2, 0.25) is 5.02 Å². The number of nitrogen functional groups attached to an aromatic ring is 1. The summed E-state index contributed by atoms with van der Waals surface area (Å²) in [5.74, 6) is -1.91. The SMILES string of the molecule is COC(=O)CN(CC(=O)OC)C(=O)c1cc(N)cc(Cl)c1. The number of ether oxygens (including phenoxy) is 2. The summed E-state index contributed by atoms with van der Waals surface area (Å²) in [6, 6.07) is 4.26. The highest BCUT2D eigenvalue weighted by atomic mass is 35.5. The summed E-state index contributed by atoms with van der Waals surface area (Å²) in [4.78, 5) is 36.0. The molecule has 1 amide bonds. The van der Waals surface area contributed by atoms with Crippen LogP contribution in [0.25, 0.3) is 0 Å². The number of hydrogen-bond donors (Lipinski definition) is 1. The average Bonchev–Trinajstić information content (AvgIpc) is 2.44. The zero-order valence-corrected chi connectivity index (χ0v) is 12.3. The first-order valence-corrected chi connectivity index (χ1v) is 6.24. The Morgan fingerprint density at radius 2 is 1.62 bits per heavy atom. The molecule has 0 radical (unpaired) electrons. The molecule has 0 saturated heterocycles. The molecule has 0 aliphatic rings. The van der Waals surface area contributed by atoms with Crippen LogP contribution in [0.5, 0.6) is 0 Å². The fourth-order valence-electron chi connectivity index (χ4n) is 1.56. The third kappa shape index (κ3) is 4.96. The first-order valence-electron chi connectivity index (χ1n) is 5.86. The number of nitrogens with two attached hydrogens (primary N) is 1. The van der Waals surface area contributed by atoms with Crippen molar-refractivity contribution in [2.45, 2.75) is 0 Å². The number of esters is 2. The van der Waals surface area contributed by atoms with E-state index in [2.05, 4.69) is 9.47 Å². The maximum absolute atomic E-state index is 12.3. The first kappa shape index (κ1) is 16.8. The Labute approximate surface area is 126 Å². The van der Waals surface area contributed by atoms with E-state index in [0.29, 0.717) is 5.69 Å². The van der Waals surface area contributed by atoms with E-state index in [1.54, 1.807) is 0 Å². The van der Waals surface area contributed by atoms with Crippen molar-refractivity contribution in [2.75, 3.05) is 33.0 Å². The molecule has 21 heavy (non-hydrogen) atoms. The molecule has 0 saturated carbocycles. The molecule has 2 N–H and O–H groups in total. The van der Waals surface area contributed by atoms with Crippen molar-refractivity contribution in [1.82, 2.24) is 4.90 Å². The summed E-state index contributed by atoms with van der Waals surface area (Å²) in [5.41, 5.74) is 6.07. The van der Waals surface area contributed by atoms with Gasteiger partial charge in [-0.1, -0.05) is 11.6 Å². The van der Waals surface area contributed by atoms with E-state index in [0.717, 1.165) is 4.90 Å². The van der Waals surface area contributed by atoms with Crippen LogP contribution >= 0.6 is 11.6 Å². The normalized spacial score (nSPS) is 9.86. The highest BCUT2D eigenvalue weighted by Gasteiger charge is 2.22. The number of hydrogen-bond acceptors (Lipinski definition) is 6. The summed E-state index contributed by atoms with van der Waals surface area (Å²) < 4.78 is 8.99. The number of carbonyl (C=O) groups is 3. The lowest BCUT2D eigenvalue weighted by Gasteiger charge is -2.20. The molecule has 0 aliphatic carbocycles. The molecule has 0 atom stereocenters. The van der Waals surface area contributed by atoms with Crippen LogP contribution in [0, 0.1) is 0 Å². The minimum atomic E-state index is -0.665. The van der Waals surface area contributed by atoms with Gasteiger partial charge in [0.1, 0.15) is 13.1 Å². The van der Waals surface area contributed by atoms with Gasteiger partial charge < -0.3 is 20.1 Å². The third-order valence-electron chi connectivity index (χ3n) is 2.55. The Balaban J connectivity index is 3.02. The quantitative estimate of drug-likeness (QED) is 0.635. The van der Waals surface area contributed by atoms with Crippen LogP contribution in [0.3, 0.4) is 0 Å². The van der Waals surface area contributed by atoms with Gasteiger partial charge in [-0.3, -0.25) is 14.4 Å². The van der Waals surface area contributed by atoms with Crippen molar-refractivity contribution in [3.63, 3.8) is 0 Å². The lowest BCUT2D eigenvalue weighted by atomic mass is 10.1. The molecule has 0 bridgehead atoms. The first-order chi connectivity index (χ1) is 9.87. The maximum Gasteiger partial charge on any atom is 0.325 e. The molecule has 0 heterocycles. The molecular formula is C13H15ClN2O5. The molecule has 8 heteroatoms. The predicted molar refractivity (Wildman–Crippen MR) is 75.8 cm³/mol. The fourth-order valence-corrected chi connectivity index (χ4v) is 1.80. The van der Waals surface area contributed by atoms with Crippen molar-refractivity contribution in [2.24, 2.45) is 0 Å². The number of halogens is 1. The zero-order chi connectivity index (χ0) is 16.0. The fraction of sp³-hybridized carbons (Fsp3) is 0.308. The second-order valence-corrected chi connectivity index (χ2v) is 4.52. The van der Waals surface area contributed by atoms with Gasteiger partial charge in [0.15, 0.2) is 0 Å². The van der Waals surface area contributed by atoms with Crippen LogP contribution in [-0.2, 0) is 19.1 Å². The molecule has 0 fully saturated rings. The van der Waals surface area contributed by atoms with Gasteiger partial charge >= 0.3 is 11.9 Å². The Kier molecular flexibility index (Phi) is 5.98. The van der Waals surface area contributed by atoms with E-state index in [1.165, 1.54) is 32.4 Å². The Bertz CT molecular complexity index is 523. The average molecular weight is 315 g/mol. The lowest BCUT2D eigenvalue weighted by molar-refractivity contribution is -0.144. The molecule has 114 valence electrons. The Morgan fingerprint density at radius 1 is 1.10 bits per heavy atom. The molecule has 1 aromatic carbocycles. The van der Waals surface area contributed by atoms with Gasteiger partial charge in [-0.05, 0) is 18.2 Å². The van der Waals surface area contributed by atoms with Gasteiger partial charge in [0, 0.05) is 16.3 Å². The number of methoxy groups -OCH3 is 2. The molecule has 0 unspecified atom stereocenters. The molecule has 7 nitrogen and oxygen atoms in total. The number of benzene rings is 1. The van der Waals surface area contributed by atoms with Gasteiger partial charge in [-0.15, -0.1) is 0 Å². The van der Waals surface area contributed by atoms with E-state index < -0.39 is 30.9 Å². The number of nitrogens with zero attached hydrogens (tertiary/aromatic N) is 1. The second-order valence-electron chi connectivity index (χ2n) is 4.09. The maximum atomic E-state index is 12.3. The van der Waals surface area contributed by atoms with Crippen LogP contribution in [0.15, 0.2) is 18.2 Å². The van der Waals surface area contributed by atoms with E-state index >= 15 is 0 Å². The molecule has 0 aromatic heterocycles. The largest absolute Gasteiger partial charge is 0.468 e. The predicted octanol–water partition coefficient (Wildman–Crippen LogP) is 0.710. The second kappa shape index (κ2) is 7.49. The standard InChI is InChI=1S/C13H15ClN2O5/c1-20-11(17)6-16(7-12(18)21-2)13(19)8-3-9(14)5-10(15)4-8/h3-5H,6-7,15H2,1-2H3. The van der Waals surface area contributed by atoms with Crippen molar-refractivity contribution in [3.8, 4) is 0 Å². The summed E-state index contributed by atoms with van der Waals surface area (Å²) in [7, 11) is 2.36. The van der Waals surface area contributed by atoms with Gasteiger partial charge in [0.25, 0.3) is 5.91 Å². The highest BCUT2D eigenvalue weighted by molar-refractivity contribution is 6.31. The van der Waals surface area contributed by atoms with Crippen LogP contribution in [-0.4, -0.2) is 50.1 Å². The molecular weight excluding hydrogens is 300 g/mol. The van der Waals surface area contributed by atoms with Crippen LogP contribution in [0.4, 0.5) is 5.69 Å². The Morgan fingerprint density at radius 3 is 2.05 bits per heavy atom. The van der Waals surface area contributed by atoms with Crippen molar-refractivity contribution in [3.05, 3.63) is 28.8 Å². The van der Waals surface area contributed by atoms with E-state index in [9.17, 15) is 14.4 Å². The van der Waals surface area contributed by atoms with Crippen molar-refractivity contribution >= 4 is 35.1 Å². The van der Waals surface area contributed by atoms with Crippen molar-refractivity contribution in [1.29, 1.82) is 0 Å². The van der Waals surface area contributed by atoms with Gasteiger partial charge in [0.2, 0.25) is 0 Å². The summed E-state index contributed by atoms with van der Waals surface area (Å²) in [6.45, 7) is -0.784. The summed E-state index contributed by atoms with van der Waals surface area (Å²) in [6.07, 6.45) is 0. The van der Waals surface area contributed by atoms with E-state index in [-0.39, 0.29) is 10.6 Å². The minimum absolute atomic E-state index is 0.160. The van der Waals surface area contributed by atoms with E-state index in [1.807, 2.05) is 0 Å². The molecule has 1 aromatic rings. The van der Waals surface area contributed by atoms with Crippen LogP contribution in [0.1, 0.15) is 10.4 Å². The number of rotatable bonds is 5. The number of anilines is 1. The Hall–Kier alpha value is -2.28. The minimum Gasteiger partial charge on any atom is -0.468 e. The monoisotopic (exact) mass is 314 g/mol. The molecule has 0 aliphatic heterocycles. The number of amides is 1. The van der Waals surface area contributed by atoms with Gasteiger partial charge in [-0.2, -0.15) is 0 Å².